The van der Waals surface area contributed by atoms with Crippen molar-refractivity contribution < 1.29 is 14.7 Å². The molecule has 1 aromatic carbocycles. The number of carboxylic acid groups (broad SMARTS) is 1. The highest BCUT2D eigenvalue weighted by molar-refractivity contribution is 6.35. The predicted octanol–water partition coefficient (Wildman–Crippen LogP) is 3.78. The summed E-state index contributed by atoms with van der Waals surface area (Å²) in [5.74, 6) is -1.35. The van der Waals surface area contributed by atoms with Gasteiger partial charge in [-0.1, -0.05) is 29.3 Å². The second kappa shape index (κ2) is 8.67. The highest BCUT2D eigenvalue weighted by Gasteiger charge is 2.17. The summed E-state index contributed by atoms with van der Waals surface area (Å²) in [6, 6.07) is 6.68. The number of carboxylic acids is 1. The van der Waals surface area contributed by atoms with E-state index in [1.54, 1.807) is 29.8 Å². The molecule has 2 heterocycles. The monoisotopic (exact) mass is 435 g/mol. The minimum Gasteiger partial charge on any atom is -0.477 e. The molecule has 10 heteroatoms. The van der Waals surface area contributed by atoms with E-state index in [1.807, 2.05) is 6.92 Å². The number of carbonyl (C=O) groups is 2. The zero-order valence-electron chi connectivity index (χ0n) is 15.8. The van der Waals surface area contributed by atoms with Crippen LogP contribution in [0.4, 0.5) is 5.69 Å². The fraction of sp³-hybridized carbons (Fsp3) is 0.263. The number of aromatic nitrogens is 4. The van der Waals surface area contributed by atoms with Gasteiger partial charge in [-0.3, -0.25) is 14.2 Å². The molecule has 3 rings (SSSR count). The lowest BCUT2D eigenvalue weighted by Crippen LogP contribution is -2.18. The number of hydrogen-bond acceptors (Lipinski definition) is 4. The van der Waals surface area contributed by atoms with Gasteiger partial charge in [-0.25, -0.2) is 4.79 Å². The van der Waals surface area contributed by atoms with Gasteiger partial charge >= 0.3 is 5.97 Å². The molecule has 0 fully saturated rings. The third-order valence-corrected chi connectivity index (χ3v) is 5.21. The van der Waals surface area contributed by atoms with Crippen molar-refractivity contribution >= 4 is 40.8 Å². The molecule has 29 heavy (non-hydrogen) atoms. The molecule has 8 nitrogen and oxygen atoms in total. The van der Waals surface area contributed by atoms with Crippen molar-refractivity contribution in [2.75, 3.05) is 5.32 Å². The standard InChI is InChI=1S/C19H19Cl2N5O3/c1-11-18(23-17(27)7-9-25-16(19(28)29)6-8-22-25)12(2)26(24-11)10-13-14(20)4-3-5-15(13)21/h3-6,8H,7,9-10H2,1-2H3,(H,23,27)(H,28,29). The Hall–Kier alpha value is -2.84. The van der Waals surface area contributed by atoms with Crippen LogP contribution >= 0.6 is 23.2 Å². The van der Waals surface area contributed by atoms with Crippen molar-refractivity contribution in [3.63, 3.8) is 0 Å². The third-order valence-electron chi connectivity index (χ3n) is 4.50. The SMILES string of the molecule is Cc1nn(Cc2c(Cl)cccc2Cl)c(C)c1NC(=O)CCn1nccc1C(=O)O. The van der Waals surface area contributed by atoms with Crippen molar-refractivity contribution in [1.82, 2.24) is 19.6 Å². The first-order chi connectivity index (χ1) is 13.8. The van der Waals surface area contributed by atoms with Crippen LogP contribution in [0.5, 0.6) is 0 Å². The van der Waals surface area contributed by atoms with E-state index in [9.17, 15) is 9.59 Å². The van der Waals surface area contributed by atoms with Gasteiger partial charge in [-0.15, -0.1) is 0 Å². The van der Waals surface area contributed by atoms with Crippen LogP contribution in [-0.2, 0) is 17.9 Å². The quantitative estimate of drug-likeness (QED) is 0.587. The highest BCUT2D eigenvalue weighted by Crippen LogP contribution is 2.27. The summed E-state index contributed by atoms with van der Waals surface area (Å²) >= 11 is 12.5. The van der Waals surface area contributed by atoms with Crippen molar-refractivity contribution in [2.45, 2.75) is 33.4 Å². The first-order valence-corrected chi connectivity index (χ1v) is 9.55. The second-order valence-electron chi connectivity index (χ2n) is 6.45. The van der Waals surface area contributed by atoms with E-state index in [1.165, 1.54) is 16.9 Å². The fourth-order valence-corrected chi connectivity index (χ4v) is 3.48. The Kier molecular flexibility index (Phi) is 6.24. The highest BCUT2D eigenvalue weighted by atomic mass is 35.5. The van der Waals surface area contributed by atoms with Gasteiger partial charge in [0.05, 0.1) is 30.2 Å². The van der Waals surface area contributed by atoms with Crippen LogP contribution in [0.3, 0.4) is 0 Å². The Bertz CT molecular complexity index is 1050. The lowest BCUT2D eigenvalue weighted by molar-refractivity contribution is -0.116. The Morgan fingerprint density at radius 2 is 1.83 bits per heavy atom. The van der Waals surface area contributed by atoms with Crippen molar-refractivity contribution in [2.24, 2.45) is 0 Å². The molecular weight excluding hydrogens is 417 g/mol. The molecule has 0 atom stereocenters. The average molecular weight is 436 g/mol. The van der Waals surface area contributed by atoms with E-state index in [-0.39, 0.29) is 24.6 Å². The molecular formula is C19H19Cl2N5O3. The Morgan fingerprint density at radius 3 is 2.48 bits per heavy atom. The first kappa shape index (κ1) is 20.9. The number of nitrogens with one attached hydrogen (secondary N) is 1. The number of nitrogens with zero attached hydrogens (tertiary/aromatic N) is 4. The summed E-state index contributed by atoms with van der Waals surface area (Å²) < 4.78 is 3.01. The van der Waals surface area contributed by atoms with Gasteiger partial charge < -0.3 is 10.4 Å². The number of carbonyl (C=O) groups excluding carboxylic acids is 1. The second-order valence-corrected chi connectivity index (χ2v) is 7.26. The van der Waals surface area contributed by atoms with Crippen molar-refractivity contribution in [1.29, 1.82) is 0 Å². The maximum absolute atomic E-state index is 12.4. The molecule has 0 bridgehead atoms. The summed E-state index contributed by atoms with van der Waals surface area (Å²) in [5.41, 5.74) is 2.81. The van der Waals surface area contributed by atoms with E-state index in [0.29, 0.717) is 28.0 Å². The lowest BCUT2D eigenvalue weighted by Gasteiger charge is -2.10. The molecule has 0 aliphatic heterocycles. The molecule has 0 saturated heterocycles. The summed E-state index contributed by atoms with van der Waals surface area (Å²) in [7, 11) is 0. The molecule has 0 radical (unpaired) electrons. The number of amides is 1. The smallest absolute Gasteiger partial charge is 0.354 e. The number of hydrogen-bond donors (Lipinski definition) is 2. The summed E-state index contributed by atoms with van der Waals surface area (Å²) in [6.45, 7) is 4.16. The largest absolute Gasteiger partial charge is 0.477 e. The van der Waals surface area contributed by atoms with Crippen LogP contribution in [0.1, 0.15) is 33.9 Å². The van der Waals surface area contributed by atoms with Gasteiger partial charge in [-0.2, -0.15) is 10.2 Å². The molecule has 0 spiro atoms. The summed E-state index contributed by atoms with van der Waals surface area (Å²) in [6.07, 6.45) is 1.46. The normalized spacial score (nSPS) is 10.9. The van der Waals surface area contributed by atoms with Crippen molar-refractivity contribution in [3.05, 3.63) is 63.2 Å². The number of halogens is 2. The number of rotatable bonds is 7. The van der Waals surface area contributed by atoms with Crippen LogP contribution < -0.4 is 5.32 Å². The van der Waals surface area contributed by atoms with Gasteiger partial charge in [-0.05, 0) is 32.0 Å². The van der Waals surface area contributed by atoms with E-state index in [2.05, 4.69) is 15.5 Å². The zero-order chi connectivity index (χ0) is 21.1. The van der Waals surface area contributed by atoms with E-state index >= 15 is 0 Å². The fourth-order valence-electron chi connectivity index (χ4n) is 2.97. The lowest BCUT2D eigenvalue weighted by atomic mass is 10.2. The molecule has 3 aromatic rings. The molecule has 0 unspecified atom stereocenters. The predicted molar refractivity (Wildman–Crippen MR) is 110 cm³/mol. The van der Waals surface area contributed by atoms with Crippen molar-refractivity contribution in [3.8, 4) is 0 Å². The molecule has 0 saturated carbocycles. The van der Waals surface area contributed by atoms with Crippen LogP contribution in [0.15, 0.2) is 30.5 Å². The number of aromatic carboxylic acids is 1. The van der Waals surface area contributed by atoms with E-state index < -0.39 is 5.97 Å². The topological polar surface area (TPSA) is 102 Å². The van der Waals surface area contributed by atoms with Gasteiger partial charge in [0, 0.05) is 28.2 Å². The zero-order valence-corrected chi connectivity index (χ0v) is 17.3. The van der Waals surface area contributed by atoms with Crippen LogP contribution in [0.25, 0.3) is 0 Å². The number of aryl methyl sites for hydroxylation is 2. The molecule has 0 aliphatic rings. The maximum atomic E-state index is 12.4. The summed E-state index contributed by atoms with van der Waals surface area (Å²) in [5, 5.41) is 21.4. The van der Waals surface area contributed by atoms with Crippen LogP contribution in [0.2, 0.25) is 10.0 Å². The Labute approximate surface area is 177 Å². The van der Waals surface area contributed by atoms with E-state index in [4.69, 9.17) is 28.3 Å². The minimum atomic E-state index is -1.09. The number of anilines is 1. The Morgan fingerprint density at radius 1 is 1.14 bits per heavy atom. The third kappa shape index (κ3) is 4.60. The van der Waals surface area contributed by atoms with Crippen LogP contribution in [-0.4, -0.2) is 36.5 Å². The van der Waals surface area contributed by atoms with Gasteiger partial charge in [0.2, 0.25) is 5.91 Å². The molecule has 1 amide bonds. The molecule has 152 valence electrons. The summed E-state index contributed by atoms with van der Waals surface area (Å²) in [4.78, 5) is 23.5. The van der Waals surface area contributed by atoms with Gasteiger partial charge in [0.15, 0.2) is 0 Å². The molecule has 2 aromatic heterocycles. The Balaban J connectivity index is 1.71. The average Bonchev–Trinajstić information content (AvgIpc) is 3.23. The molecule has 0 aliphatic carbocycles. The minimum absolute atomic E-state index is 0.0367. The molecule has 2 N–H and O–H groups in total. The first-order valence-electron chi connectivity index (χ1n) is 8.79. The van der Waals surface area contributed by atoms with Gasteiger partial charge in [0.1, 0.15) is 5.69 Å². The van der Waals surface area contributed by atoms with Gasteiger partial charge in [0.25, 0.3) is 0 Å². The van der Waals surface area contributed by atoms with E-state index in [0.717, 1.165) is 11.3 Å². The number of benzene rings is 1. The van der Waals surface area contributed by atoms with Crippen LogP contribution in [0, 0.1) is 13.8 Å². The maximum Gasteiger partial charge on any atom is 0.354 e.